The molecule has 1 atom stereocenters. The minimum atomic E-state index is 0.225. The highest BCUT2D eigenvalue weighted by molar-refractivity contribution is 5.69. The van der Waals surface area contributed by atoms with Crippen LogP contribution in [-0.4, -0.2) is 43.4 Å². The number of nitrogens with two attached hydrogens (primary N) is 1. The summed E-state index contributed by atoms with van der Waals surface area (Å²) in [6.45, 7) is 7.66. The summed E-state index contributed by atoms with van der Waals surface area (Å²) in [6, 6.07) is 6.28. The molecule has 0 radical (unpaired) electrons. The van der Waals surface area contributed by atoms with Gasteiger partial charge in [-0.25, -0.2) is 14.6 Å². The number of amides is 1. The maximum Gasteiger partial charge on any atom is 0.204 e. The van der Waals surface area contributed by atoms with E-state index in [1.165, 1.54) is 12.8 Å². The van der Waals surface area contributed by atoms with Crippen LogP contribution in [0.5, 0.6) is 11.5 Å². The molecular formula is C22H28N6O3. The zero-order valence-corrected chi connectivity index (χ0v) is 18.1. The highest BCUT2D eigenvalue weighted by Crippen LogP contribution is 2.38. The van der Waals surface area contributed by atoms with Crippen LogP contribution in [0, 0.1) is 5.92 Å². The van der Waals surface area contributed by atoms with E-state index in [0.29, 0.717) is 12.5 Å². The molecule has 1 aromatic carbocycles. The summed E-state index contributed by atoms with van der Waals surface area (Å²) in [4.78, 5) is 17.9. The molecule has 3 aromatic rings. The Kier molecular flexibility index (Phi) is 5.92. The molecule has 2 N–H and O–H groups in total. The molecule has 3 heterocycles. The number of hydrogen-bond acceptors (Lipinski definition) is 6. The zero-order valence-electron chi connectivity index (χ0n) is 18.1. The fourth-order valence-electron chi connectivity index (χ4n) is 3.73. The van der Waals surface area contributed by atoms with Gasteiger partial charge in [0.05, 0.1) is 18.2 Å². The summed E-state index contributed by atoms with van der Waals surface area (Å²) in [7, 11) is 0. The van der Waals surface area contributed by atoms with Gasteiger partial charge < -0.3 is 19.8 Å². The topological polar surface area (TPSA) is 110 Å². The van der Waals surface area contributed by atoms with Gasteiger partial charge in [0.1, 0.15) is 36.0 Å². The van der Waals surface area contributed by atoms with Gasteiger partial charge in [-0.2, -0.15) is 5.10 Å². The van der Waals surface area contributed by atoms with Crippen LogP contribution in [0.4, 0.5) is 0 Å². The number of carbonyl (C=O) groups excluding carboxylic acids is 1. The van der Waals surface area contributed by atoms with Crippen molar-refractivity contribution in [3.8, 4) is 34.4 Å². The first-order valence-corrected chi connectivity index (χ1v) is 10.6. The standard InChI is InChI=1S/C21H25N5O2.CH3NO/c1-13(2)26-21(22-12-23-26)18-11-25-8-9-27-19-10-16(28-14(3)15-4-5-15)6-7-17(19)20(25)24-18;2-1-3/h6-7,10-15H,4-5,8-9H2,1-3H3;1H,(H2,2,3). The predicted octanol–water partition coefficient (Wildman–Crippen LogP) is 3.06. The number of nitrogens with zero attached hydrogens (tertiary/aromatic N) is 5. The highest BCUT2D eigenvalue weighted by Gasteiger charge is 2.30. The number of primary amides is 1. The quantitative estimate of drug-likeness (QED) is 0.630. The Bertz CT molecular complexity index is 1050. The second-order valence-corrected chi connectivity index (χ2v) is 8.07. The molecule has 9 nitrogen and oxygen atoms in total. The van der Waals surface area contributed by atoms with E-state index < -0.39 is 0 Å². The van der Waals surface area contributed by atoms with Crippen molar-refractivity contribution in [1.82, 2.24) is 24.3 Å². The minimum absolute atomic E-state index is 0.225. The molecule has 2 aliphatic rings. The van der Waals surface area contributed by atoms with E-state index in [1.807, 2.05) is 29.1 Å². The second-order valence-electron chi connectivity index (χ2n) is 8.07. The monoisotopic (exact) mass is 424 g/mol. The average molecular weight is 425 g/mol. The molecule has 1 unspecified atom stereocenters. The Labute approximate surface area is 181 Å². The summed E-state index contributed by atoms with van der Waals surface area (Å²) in [5.41, 5.74) is 5.97. The molecule has 1 fully saturated rings. The maximum atomic E-state index is 8.58. The third-order valence-corrected chi connectivity index (χ3v) is 5.46. The number of aromatic nitrogens is 5. The fraction of sp³-hybridized carbons (Fsp3) is 0.455. The first kappa shape index (κ1) is 20.9. The number of imidazole rings is 1. The number of ether oxygens (including phenoxy) is 2. The van der Waals surface area contributed by atoms with Gasteiger partial charge >= 0.3 is 0 Å². The molecule has 164 valence electrons. The van der Waals surface area contributed by atoms with E-state index in [2.05, 4.69) is 41.2 Å². The van der Waals surface area contributed by atoms with Crippen LogP contribution < -0.4 is 15.2 Å². The molecule has 0 saturated heterocycles. The van der Waals surface area contributed by atoms with Gasteiger partial charge in [-0.15, -0.1) is 0 Å². The van der Waals surface area contributed by atoms with E-state index in [1.54, 1.807) is 6.33 Å². The predicted molar refractivity (Wildman–Crippen MR) is 116 cm³/mol. The summed E-state index contributed by atoms with van der Waals surface area (Å²) in [5, 5.41) is 4.33. The lowest BCUT2D eigenvalue weighted by molar-refractivity contribution is -0.106. The average Bonchev–Trinajstić information content (AvgIpc) is 3.37. The largest absolute Gasteiger partial charge is 0.491 e. The Morgan fingerprint density at radius 1 is 1.26 bits per heavy atom. The van der Waals surface area contributed by atoms with Crippen LogP contribution >= 0.6 is 0 Å². The van der Waals surface area contributed by atoms with Crippen LogP contribution in [0.25, 0.3) is 22.9 Å². The molecule has 1 amide bonds. The minimum Gasteiger partial charge on any atom is -0.491 e. The molecule has 1 aliphatic carbocycles. The van der Waals surface area contributed by atoms with Crippen LogP contribution in [-0.2, 0) is 11.3 Å². The van der Waals surface area contributed by atoms with Gasteiger partial charge in [-0.1, -0.05) is 0 Å². The maximum absolute atomic E-state index is 8.58. The Morgan fingerprint density at radius 3 is 2.74 bits per heavy atom. The van der Waals surface area contributed by atoms with Gasteiger partial charge in [-0.3, -0.25) is 4.79 Å². The third kappa shape index (κ3) is 4.40. The SMILES string of the molecule is CC(Oc1ccc2c(c1)OCCn1cc(-c3ncnn3C(C)C)nc1-2)C1CC1.NC=O. The van der Waals surface area contributed by atoms with Crippen LogP contribution in [0.3, 0.4) is 0 Å². The molecular weight excluding hydrogens is 396 g/mol. The van der Waals surface area contributed by atoms with Crippen molar-refractivity contribution in [1.29, 1.82) is 0 Å². The van der Waals surface area contributed by atoms with Crippen molar-refractivity contribution < 1.29 is 14.3 Å². The van der Waals surface area contributed by atoms with Crippen molar-refractivity contribution in [2.24, 2.45) is 11.7 Å². The second kappa shape index (κ2) is 8.79. The zero-order chi connectivity index (χ0) is 22.0. The number of fused-ring (bicyclic) bond motifs is 3. The van der Waals surface area contributed by atoms with E-state index in [4.69, 9.17) is 19.3 Å². The Hall–Kier alpha value is -3.36. The molecule has 2 aromatic heterocycles. The van der Waals surface area contributed by atoms with Gasteiger partial charge in [-0.05, 0) is 51.7 Å². The summed E-state index contributed by atoms with van der Waals surface area (Å²) >= 11 is 0. The lowest BCUT2D eigenvalue weighted by Gasteiger charge is -2.15. The summed E-state index contributed by atoms with van der Waals surface area (Å²) in [6.07, 6.45) is 6.66. The molecule has 0 spiro atoms. The van der Waals surface area contributed by atoms with Gasteiger partial charge in [0.25, 0.3) is 0 Å². The van der Waals surface area contributed by atoms with Crippen LogP contribution in [0.1, 0.15) is 39.7 Å². The smallest absolute Gasteiger partial charge is 0.204 e. The van der Waals surface area contributed by atoms with Crippen LogP contribution in [0.15, 0.2) is 30.7 Å². The van der Waals surface area contributed by atoms with Crippen molar-refractivity contribution in [3.63, 3.8) is 0 Å². The lowest BCUT2D eigenvalue weighted by atomic mass is 10.1. The molecule has 5 rings (SSSR count). The molecule has 1 aliphatic heterocycles. The van der Waals surface area contributed by atoms with Crippen molar-refractivity contribution in [2.45, 2.75) is 52.3 Å². The Balaban J connectivity index is 0.000000730. The molecule has 31 heavy (non-hydrogen) atoms. The third-order valence-electron chi connectivity index (χ3n) is 5.46. The number of carbonyl (C=O) groups is 1. The number of rotatable bonds is 5. The van der Waals surface area contributed by atoms with Gasteiger partial charge in [0.2, 0.25) is 6.41 Å². The fourth-order valence-corrected chi connectivity index (χ4v) is 3.73. The van der Waals surface area contributed by atoms with E-state index in [0.717, 1.165) is 40.9 Å². The number of benzene rings is 1. The van der Waals surface area contributed by atoms with Gasteiger partial charge in [0.15, 0.2) is 5.82 Å². The highest BCUT2D eigenvalue weighted by atomic mass is 16.5. The van der Waals surface area contributed by atoms with Crippen molar-refractivity contribution in [2.75, 3.05) is 6.61 Å². The summed E-state index contributed by atoms with van der Waals surface area (Å²) < 4.78 is 16.1. The van der Waals surface area contributed by atoms with E-state index in [-0.39, 0.29) is 18.6 Å². The molecule has 9 heteroatoms. The molecule has 1 saturated carbocycles. The van der Waals surface area contributed by atoms with Crippen LogP contribution in [0.2, 0.25) is 0 Å². The summed E-state index contributed by atoms with van der Waals surface area (Å²) in [5.74, 6) is 4.05. The lowest BCUT2D eigenvalue weighted by Crippen LogP contribution is -2.13. The first-order valence-electron chi connectivity index (χ1n) is 10.6. The first-order chi connectivity index (χ1) is 15.0. The van der Waals surface area contributed by atoms with Crippen molar-refractivity contribution >= 4 is 6.41 Å². The normalized spacial score (nSPS) is 15.6. The van der Waals surface area contributed by atoms with E-state index in [9.17, 15) is 0 Å². The molecule has 0 bridgehead atoms. The number of hydrogen-bond donors (Lipinski definition) is 1. The Morgan fingerprint density at radius 2 is 2.03 bits per heavy atom. The van der Waals surface area contributed by atoms with E-state index >= 15 is 0 Å². The van der Waals surface area contributed by atoms with Crippen molar-refractivity contribution in [3.05, 3.63) is 30.7 Å². The van der Waals surface area contributed by atoms with Gasteiger partial charge in [0, 0.05) is 18.3 Å².